The zero-order chi connectivity index (χ0) is 27.6. The summed E-state index contributed by atoms with van der Waals surface area (Å²) in [5, 5.41) is 6.95. The van der Waals surface area contributed by atoms with Crippen molar-refractivity contribution in [3.05, 3.63) is 71.6 Å². The molecule has 2 aromatic carbocycles. The Labute approximate surface area is 234 Å². The van der Waals surface area contributed by atoms with Crippen LogP contribution >= 0.6 is 11.6 Å². The number of fused-ring (bicyclic) bond motifs is 1. The molecule has 12 heteroatoms. The number of pyridine rings is 1. The van der Waals surface area contributed by atoms with Gasteiger partial charge >= 0.3 is 6.03 Å². The van der Waals surface area contributed by atoms with Gasteiger partial charge in [0.15, 0.2) is 0 Å². The average molecular weight is 566 g/mol. The van der Waals surface area contributed by atoms with E-state index < -0.39 is 23.4 Å². The van der Waals surface area contributed by atoms with Gasteiger partial charge in [0.25, 0.3) is 0 Å². The van der Waals surface area contributed by atoms with E-state index in [-0.39, 0.29) is 6.10 Å². The summed E-state index contributed by atoms with van der Waals surface area (Å²) in [5.41, 5.74) is 1.04. The zero-order valence-corrected chi connectivity index (χ0v) is 22.2. The number of nitrogens with one attached hydrogen (secondary N) is 2. The van der Waals surface area contributed by atoms with E-state index in [1.807, 2.05) is 12.1 Å². The third-order valence-electron chi connectivity index (χ3n) is 7.10. The van der Waals surface area contributed by atoms with Crippen LogP contribution in [0.5, 0.6) is 5.75 Å². The molecule has 0 atom stereocenters. The highest BCUT2D eigenvalue weighted by molar-refractivity contribution is 6.32. The first kappa shape index (κ1) is 26.0. The zero-order valence-electron chi connectivity index (χ0n) is 21.4. The summed E-state index contributed by atoms with van der Waals surface area (Å²) >= 11 is 6.57. The van der Waals surface area contributed by atoms with Crippen molar-refractivity contribution in [3.63, 3.8) is 0 Å². The quantitative estimate of drug-likeness (QED) is 0.297. The molecule has 2 aromatic heterocycles. The predicted molar refractivity (Wildman–Crippen MR) is 149 cm³/mol. The van der Waals surface area contributed by atoms with Crippen molar-refractivity contribution in [2.24, 2.45) is 0 Å². The smallest absolute Gasteiger partial charge is 0.322 e. The van der Waals surface area contributed by atoms with Gasteiger partial charge in [0.2, 0.25) is 0 Å². The Morgan fingerprint density at radius 2 is 1.77 bits per heavy atom. The Morgan fingerprint density at radius 3 is 2.48 bits per heavy atom. The van der Waals surface area contributed by atoms with Crippen molar-refractivity contribution in [2.75, 3.05) is 41.7 Å². The van der Waals surface area contributed by atoms with E-state index in [0.717, 1.165) is 54.1 Å². The second-order valence-corrected chi connectivity index (χ2v) is 10.1. The molecule has 206 valence electrons. The van der Waals surface area contributed by atoms with E-state index in [9.17, 15) is 13.6 Å². The number of para-hydroxylation sites is 1. The van der Waals surface area contributed by atoms with Gasteiger partial charge in [0.05, 0.1) is 16.7 Å². The first-order valence-corrected chi connectivity index (χ1v) is 13.4. The van der Waals surface area contributed by atoms with Crippen molar-refractivity contribution < 1.29 is 18.3 Å². The Bertz CT molecular complexity index is 1540. The van der Waals surface area contributed by atoms with Gasteiger partial charge in [-0.1, -0.05) is 17.7 Å². The van der Waals surface area contributed by atoms with E-state index in [4.69, 9.17) is 16.3 Å². The van der Waals surface area contributed by atoms with Crippen molar-refractivity contribution in [1.82, 2.24) is 19.9 Å². The fourth-order valence-electron chi connectivity index (χ4n) is 4.74. The SMILES string of the molecule is O=C(Nc1c(F)cccc1F)N1CCC(Oc2ccc(Nc3ncnc4cnc(N5CCC5)cc34)cc2Cl)CC1. The second-order valence-electron chi connectivity index (χ2n) is 9.72. The Hall–Kier alpha value is -4.25. The monoisotopic (exact) mass is 565 g/mol. The van der Waals surface area contributed by atoms with Gasteiger partial charge in [-0.05, 0) is 42.8 Å². The molecule has 0 bridgehead atoms. The molecule has 40 heavy (non-hydrogen) atoms. The largest absolute Gasteiger partial charge is 0.489 e. The van der Waals surface area contributed by atoms with Crippen LogP contribution < -0.4 is 20.3 Å². The van der Waals surface area contributed by atoms with Crippen LogP contribution in [-0.2, 0) is 0 Å². The van der Waals surface area contributed by atoms with Crippen molar-refractivity contribution >= 4 is 51.5 Å². The molecule has 2 N–H and O–H groups in total. The van der Waals surface area contributed by atoms with E-state index in [0.29, 0.717) is 42.5 Å². The van der Waals surface area contributed by atoms with E-state index in [1.165, 1.54) is 17.3 Å². The molecule has 0 radical (unpaired) electrons. The molecular weight excluding hydrogens is 540 g/mol. The van der Waals surface area contributed by atoms with Crippen LogP contribution in [0, 0.1) is 11.6 Å². The van der Waals surface area contributed by atoms with Crippen LogP contribution in [0.15, 0.2) is 55.0 Å². The molecular formula is C28H26ClF2N7O2. The van der Waals surface area contributed by atoms with Crippen LogP contribution in [0.1, 0.15) is 19.3 Å². The minimum atomic E-state index is -0.819. The highest BCUT2D eigenvalue weighted by atomic mass is 35.5. The van der Waals surface area contributed by atoms with Gasteiger partial charge in [-0.3, -0.25) is 0 Å². The maximum atomic E-state index is 13.9. The number of rotatable bonds is 6. The Kier molecular flexibility index (Phi) is 7.21. The first-order valence-electron chi connectivity index (χ1n) is 13.0. The topological polar surface area (TPSA) is 95.5 Å². The molecule has 0 saturated carbocycles. The first-order chi connectivity index (χ1) is 19.4. The maximum Gasteiger partial charge on any atom is 0.322 e. The lowest BCUT2D eigenvalue weighted by atomic mass is 10.1. The number of likely N-dealkylation sites (tertiary alicyclic amines) is 1. The van der Waals surface area contributed by atoms with E-state index in [2.05, 4.69) is 30.5 Å². The van der Waals surface area contributed by atoms with E-state index >= 15 is 0 Å². The molecule has 0 unspecified atom stereocenters. The third-order valence-corrected chi connectivity index (χ3v) is 7.39. The lowest BCUT2D eigenvalue weighted by Gasteiger charge is -2.32. The number of benzene rings is 2. The van der Waals surface area contributed by atoms with Gasteiger partial charge in [0.1, 0.15) is 47.1 Å². The van der Waals surface area contributed by atoms with Gasteiger partial charge in [0, 0.05) is 50.1 Å². The highest BCUT2D eigenvalue weighted by Gasteiger charge is 2.26. The van der Waals surface area contributed by atoms with Crippen molar-refractivity contribution in [2.45, 2.75) is 25.4 Å². The van der Waals surface area contributed by atoms with Crippen LogP contribution in [0.2, 0.25) is 5.02 Å². The van der Waals surface area contributed by atoms with E-state index in [1.54, 1.807) is 18.3 Å². The van der Waals surface area contributed by atoms with Gasteiger partial charge in [-0.25, -0.2) is 28.5 Å². The average Bonchev–Trinajstić information content (AvgIpc) is 2.92. The summed E-state index contributed by atoms with van der Waals surface area (Å²) in [5.74, 6) is 0.447. The summed E-state index contributed by atoms with van der Waals surface area (Å²) in [6, 6.07) is 10.3. The van der Waals surface area contributed by atoms with Crippen LogP contribution in [0.3, 0.4) is 0 Å². The number of urea groups is 1. The molecule has 2 fully saturated rings. The Balaban J connectivity index is 1.07. The standard InChI is InChI=1S/C28H26ClF2N7O2/c29-20-13-17(35-27-19-14-25(37-9-2-10-37)32-15-23(19)33-16-34-27)5-6-24(20)40-18-7-11-38(12-8-18)28(39)36-26-21(30)3-1-4-22(26)31/h1,3-6,13-16,18H,2,7-12H2,(H,36,39)(H,33,34,35). The highest BCUT2D eigenvalue weighted by Crippen LogP contribution is 2.33. The molecule has 6 rings (SSSR count). The molecule has 2 aliphatic heterocycles. The molecule has 2 saturated heterocycles. The summed E-state index contributed by atoms with van der Waals surface area (Å²) in [4.78, 5) is 29.5. The molecule has 4 heterocycles. The van der Waals surface area contributed by atoms with Crippen LogP contribution in [0.25, 0.3) is 10.9 Å². The normalized spacial score (nSPS) is 15.6. The Morgan fingerprint density at radius 1 is 1.00 bits per heavy atom. The molecule has 4 aromatic rings. The number of carbonyl (C=O) groups is 1. The fourth-order valence-corrected chi connectivity index (χ4v) is 4.96. The fraction of sp³-hybridized carbons (Fsp3) is 0.286. The second kappa shape index (κ2) is 11.1. The molecule has 2 aliphatic rings. The lowest BCUT2D eigenvalue weighted by Crippen LogP contribution is -2.44. The van der Waals surface area contributed by atoms with Gasteiger partial charge in [-0.2, -0.15) is 0 Å². The number of hydrogen-bond donors (Lipinski definition) is 2. The minimum absolute atomic E-state index is 0.163. The number of anilines is 4. The number of carbonyl (C=O) groups excluding carboxylic acids is 1. The molecule has 2 amide bonds. The number of piperidine rings is 1. The predicted octanol–water partition coefficient (Wildman–Crippen LogP) is 5.99. The number of ether oxygens (including phenoxy) is 1. The molecule has 9 nitrogen and oxygen atoms in total. The number of aromatic nitrogens is 3. The van der Waals surface area contributed by atoms with Crippen LogP contribution in [-0.4, -0.2) is 58.2 Å². The maximum absolute atomic E-state index is 13.9. The lowest BCUT2D eigenvalue weighted by molar-refractivity contribution is 0.115. The third kappa shape index (κ3) is 5.42. The number of hydrogen-bond acceptors (Lipinski definition) is 7. The summed E-state index contributed by atoms with van der Waals surface area (Å²) in [6.45, 7) is 2.73. The number of halogens is 3. The summed E-state index contributed by atoms with van der Waals surface area (Å²) < 4.78 is 33.9. The summed E-state index contributed by atoms with van der Waals surface area (Å²) in [7, 11) is 0. The van der Waals surface area contributed by atoms with Gasteiger partial charge in [-0.15, -0.1) is 0 Å². The number of nitrogens with zero attached hydrogens (tertiary/aromatic N) is 5. The van der Waals surface area contributed by atoms with Crippen LogP contribution in [0.4, 0.5) is 36.6 Å². The van der Waals surface area contributed by atoms with Gasteiger partial charge < -0.3 is 25.2 Å². The summed E-state index contributed by atoms with van der Waals surface area (Å²) in [6.07, 6.45) is 5.34. The minimum Gasteiger partial charge on any atom is -0.489 e. The number of amides is 2. The van der Waals surface area contributed by atoms with Crippen molar-refractivity contribution in [1.29, 1.82) is 0 Å². The van der Waals surface area contributed by atoms with Crippen molar-refractivity contribution in [3.8, 4) is 5.75 Å². The molecule has 0 spiro atoms. The molecule has 0 aliphatic carbocycles.